The van der Waals surface area contributed by atoms with Gasteiger partial charge in [0.1, 0.15) is 0 Å². The van der Waals surface area contributed by atoms with E-state index in [0.717, 1.165) is 21.2 Å². The summed E-state index contributed by atoms with van der Waals surface area (Å²) >= 11 is 4.30. The molecule has 2 aromatic carbocycles. The van der Waals surface area contributed by atoms with Crippen molar-refractivity contribution in [3.05, 3.63) is 76.8 Å². The third-order valence-electron chi connectivity index (χ3n) is 5.16. The number of fused-ring (bicyclic) bond motifs is 1. The Kier molecular flexibility index (Phi) is 6.70. The zero-order valence-electron chi connectivity index (χ0n) is 18.6. The fourth-order valence-electron chi connectivity index (χ4n) is 3.38. The van der Waals surface area contributed by atoms with Gasteiger partial charge in [0.2, 0.25) is 10.9 Å². The van der Waals surface area contributed by atoms with Crippen molar-refractivity contribution in [3.8, 4) is 11.4 Å². The van der Waals surface area contributed by atoms with Crippen LogP contribution in [0.25, 0.3) is 16.3 Å². The number of hydrogen-bond donors (Lipinski definition) is 1. The van der Waals surface area contributed by atoms with E-state index in [-0.39, 0.29) is 11.7 Å². The van der Waals surface area contributed by atoms with E-state index in [4.69, 9.17) is 0 Å². The standard InChI is InChI=1S/C24H22N6OS3/c1-15(2)17-10-8-16(9-11-17)12-19-13-25-22(33-19)26-20(31)14-32-24-29-30-21(27-28-23(30)34-24)18-6-4-3-5-7-18/h3-11,13,15H,12,14H2,1-2H3,(H,25,26,31). The van der Waals surface area contributed by atoms with Crippen LogP contribution in [0.15, 0.2) is 65.1 Å². The lowest BCUT2D eigenvalue weighted by Crippen LogP contribution is -2.13. The molecule has 3 aromatic heterocycles. The van der Waals surface area contributed by atoms with Gasteiger partial charge in [-0.2, -0.15) is 4.52 Å². The number of hydrogen-bond acceptors (Lipinski definition) is 8. The van der Waals surface area contributed by atoms with Gasteiger partial charge in [0.15, 0.2) is 15.3 Å². The van der Waals surface area contributed by atoms with Crippen molar-refractivity contribution in [2.45, 2.75) is 30.5 Å². The molecule has 1 amide bonds. The van der Waals surface area contributed by atoms with Crippen LogP contribution in [0.2, 0.25) is 0 Å². The Morgan fingerprint density at radius 3 is 2.62 bits per heavy atom. The number of benzene rings is 2. The van der Waals surface area contributed by atoms with Crippen LogP contribution in [0, 0.1) is 0 Å². The predicted octanol–water partition coefficient (Wildman–Crippen LogP) is 5.75. The van der Waals surface area contributed by atoms with Crippen LogP contribution in [0.1, 0.15) is 35.8 Å². The maximum absolute atomic E-state index is 12.5. The number of nitrogens with one attached hydrogen (secondary N) is 1. The van der Waals surface area contributed by atoms with E-state index in [0.29, 0.717) is 21.8 Å². The first-order valence-corrected chi connectivity index (χ1v) is 13.4. The Labute approximate surface area is 209 Å². The molecule has 0 radical (unpaired) electrons. The molecule has 172 valence electrons. The average molecular weight is 507 g/mol. The molecule has 1 N–H and O–H groups in total. The van der Waals surface area contributed by atoms with E-state index >= 15 is 0 Å². The second-order valence-electron chi connectivity index (χ2n) is 7.99. The number of amides is 1. The lowest BCUT2D eigenvalue weighted by molar-refractivity contribution is -0.113. The van der Waals surface area contributed by atoms with Crippen LogP contribution in [0.5, 0.6) is 0 Å². The van der Waals surface area contributed by atoms with Crippen molar-refractivity contribution in [2.24, 2.45) is 0 Å². The van der Waals surface area contributed by atoms with Gasteiger partial charge < -0.3 is 5.32 Å². The Morgan fingerprint density at radius 2 is 1.85 bits per heavy atom. The molecule has 0 unspecified atom stereocenters. The highest BCUT2D eigenvalue weighted by Crippen LogP contribution is 2.28. The summed E-state index contributed by atoms with van der Waals surface area (Å²) < 4.78 is 2.49. The van der Waals surface area contributed by atoms with Crippen LogP contribution >= 0.6 is 34.4 Å². The molecule has 10 heteroatoms. The fourth-order valence-corrected chi connectivity index (χ4v) is 5.92. The summed E-state index contributed by atoms with van der Waals surface area (Å²) in [6.45, 7) is 4.38. The molecule has 5 aromatic rings. The molecule has 0 spiro atoms. The molecule has 0 bridgehead atoms. The summed E-state index contributed by atoms with van der Waals surface area (Å²) in [6, 6.07) is 18.5. The van der Waals surface area contributed by atoms with Gasteiger partial charge in [-0.3, -0.25) is 4.79 Å². The second kappa shape index (κ2) is 10.0. The molecule has 0 atom stereocenters. The highest BCUT2D eigenvalue weighted by Gasteiger charge is 2.15. The quantitative estimate of drug-likeness (QED) is 0.270. The van der Waals surface area contributed by atoms with Crippen LogP contribution in [-0.2, 0) is 11.2 Å². The molecule has 7 nitrogen and oxygen atoms in total. The number of rotatable bonds is 8. The zero-order valence-corrected chi connectivity index (χ0v) is 21.1. The number of nitrogens with zero attached hydrogens (tertiary/aromatic N) is 5. The molecule has 0 aliphatic rings. The zero-order chi connectivity index (χ0) is 23.5. The van der Waals surface area contributed by atoms with E-state index in [9.17, 15) is 4.79 Å². The van der Waals surface area contributed by atoms with Gasteiger partial charge in [-0.15, -0.1) is 26.6 Å². The number of carbonyl (C=O) groups is 1. The maximum atomic E-state index is 12.5. The van der Waals surface area contributed by atoms with Gasteiger partial charge in [-0.25, -0.2) is 4.98 Å². The molecule has 3 heterocycles. The summed E-state index contributed by atoms with van der Waals surface area (Å²) in [5, 5.41) is 16.5. The van der Waals surface area contributed by atoms with E-state index in [1.807, 2.05) is 36.5 Å². The highest BCUT2D eigenvalue weighted by atomic mass is 32.2. The van der Waals surface area contributed by atoms with E-state index < -0.39 is 0 Å². The molecule has 34 heavy (non-hydrogen) atoms. The number of thiazole rings is 1. The number of anilines is 1. The lowest BCUT2D eigenvalue weighted by atomic mass is 10.0. The molecule has 0 aliphatic heterocycles. The summed E-state index contributed by atoms with van der Waals surface area (Å²) in [4.78, 5) is 18.7. The minimum Gasteiger partial charge on any atom is -0.301 e. The molecule has 0 aliphatic carbocycles. The molecular weight excluding hydrogens is 485 g/mol. The molecular formula is C24H22N6OS3. The molecule has 5 rings (SSSR count). The highest BCUT2D eigenvalue weighted by molar-refractivity contribution is 8.01. The fraction of sp³-hybridized carbons (Fsp3) is 0.208. The minimum absolute atomic E-state index is 0.110. The summed E-state index contributed by atoms with van der Waals surface area (Å²) in [5.41, 5.74) is 3.52. The molecule has 0 saturated carbocycles. The van der Waals surface area contributed by atoms with Gasteiger partial charge in [0, 0.05) is 23.1 Å². The van der Waals surface area contributed by atoms with Crippen molar-refractivity contribution in [3.63, 3.8) is 0 Å². The van der Waals surface area contributed by atoms with E-state index in [1.165, 1.54) is 45.6 Å². The van der Waals surface area contributed by atoms with E-state index in [2.05, 4.69) is 63.7 Å². The summed E-state index contributed by atoms with van der Waals surface area (Å²) in [6.07, 6.45) is 2.63. The van der Waals surface area contributed by atoms with Crippen molar-refractivity contribution >= 4 is 50.4 Å². The van der Waals surface area contributed by atoms with Gasteiger partial charge in [0.05, 0.1) is 5.75 Å². The van der Waals surface area contributed by atoms with E-state index in [1.54, 1.807) is 4.52 Å². The Morgan fingerprint density at radius 1 is 1.06 bits per heavy atom. The lowest BCUT2D eigenvalue weighted by Gasteiger charge is -2.06. The molecule has 0 fully saturated rings. The first-order chi connectivity index (χ1) is 16.5. The average Bonchev–Trinajstić information content (AvgIpc) is 3.55. The topological polar surface area (TPSA) is 85.1 Å². The summed E-state index contributed by atoms with van der Waals surface area (Å²) in [7, 11) is 0. The van der Waals surface area contributed by atoms with Gasteiger partial charge in [-0.05, 0) is 17.0 Å². The Bertz CT molecular complexity index is 1410. The first kappa shape index (κ1) is 22.7. The van der Waals surface area contributed by atoms with Crippen molar-refractivity contribution in [2.75, 3.05) is 11.1 Å². The van der Waals surface area contributed by atoms with Crippen molar-refractivity contribution < 1.29 is 4.79 Å². The van der Waals surface area contributed by atoms with Gasteiger partial charge in [0.25, 0.3) is 0 Å². The largest absolute Gasteiger partial charge is 0.301 e. The number of carbonyl (C=O) groups excluding carboxylic acids is 1. The first-order valence-electron chi connectivity index (χ1n) is 10.8. The normalized spacial score (nSPS) is 11.4. The van der Waals surface area contributed by atoms with Crippen LogP contribution in [-0.4, -0.2) is 36.5 Å². The number of thioether (sulfide) groups is 1. The second-order valence-corrected chi connectivity index (χ2v) is 11.3. The monoisotopic (exact) mass is 506 g/mol. The van der Waals surface area contributed by atoms with Gasteiger partial charge in [-0.1, -0.05) is 91.5 Å². The third kappa shape index (κ3) is 5.19. The Hall–Kier alpha value is -3.08. The third-order valence-corrected chi connectivity index (χ3v) is 8.10. The van der Waals surface area contributed by atoms with Crippen molar-refractivity contribution in [1.82, 2.24) is 24.8 Å². The minimum atomic E-state index is -0.110. The van der Waals surface area contributed by atoms with Crippen LogP contribution in [0.3, 0.4) is 0 Å². The van der Waals surface area contributed by atoms with Crippen molar-refractivity contribution in [1.29, 1.82) is 0 Å². The van der Waals surface area contributed by atoms with Crippen LogP contribution < -0.4 is 5.32 Å². The summed E-state index contributed by atoms with van der Waals surface area (Å²) in [5.74, 6) is 1.35. The predicted molar refractivity (Wildman–Crippen MR) is 139 cm³/mol. The molecule has 0 saturated heterocycles. The Balaban J connectivity index is 1.17. The smallest absolute Gasteiger partial charge is 0.236 e. The van der Waals surface area contributed by atoms with Gasteiger partial charge >= 0.3 is 0 Å². The number of aromatic nitrogens is 5. The SMILES string of the molecule is CC(C)c1ccc(Cc2cnc(NC(=O)CSc3nn4c(-c5ccccc5)nnc4s3)s2)cc1. The maximum Gasteiger partial charge on any atom is 0.236 e. The van der Waals surface area contributed by atoms with Crippen LogP contribution in [0.4, 0.5) is 5.13 Å².